The molecule has 0 aliphatic rings. The quantitative estimate of drug-likeness (QED) is 0.749. The normalized spacial score (nSPS) is 8.95. The highest BCUT2D eigenvalue weighted by Crippen LogP contribution is 2.17. The molecular weight excluding hydrogens is 232 g/mol. The van der Waals surface area contributed by atoms with Crippen LogP contribution in [0.25, 0.3) is 12.2 Å². The van der Waals surface area contributed by atoms with Gasteiger partial charge in [0.2, 0.25) is 0 Å². The lowest BCUT2D eigenvalue weighted by Gasteiger charge is -2.01. The van der Waals surface area contributed by atoms with Crippen molar-refractivity contribution in [3.05, 3.63) is 78.4 Å². The van der Waals surface area contributed by atoms with Crippen LogP contribution in [0, 0.1) is 6.92 Å². The zero-order valence-corrected chi connectivity index (χ0v) is 11.6. The maximum atomic E-state index is 5.06. The number of aryl methyl sites for hydroxylation is 1. The molecule has 0 spiro atoms. The van der Waals surface area contributed by atoms with E-state index in [1.807, 2.05) is 30.3 Å². The van der Waals surface area contributed by atoms with Gasteiger partial charge in [-0.2, -0.15) is 0 Å². The first kappa shape index (κ1) is 14.8. The predicted octanol–water partition coefficient (Wildman–Crippen LogP) is 4.98. The smallest absolute Gasteiger partial charge is 0.126 e. The SMILES string of the molecule is C=Cc1ccc(C)cc1.C=Cc1ccccc1OC. The summed E-state index contributed by atoms with van der Waals surface area (Å²) < 4.78 is 5.06. The van der Waals surface area contributed by atoms with Crippen LogP contribution in [0.3, 0.4) is 0 Å². The van der Waals surface area contributed by atoms with Crippen LogP contribution in [0.2, 0.25) is 0 Å². The highest BCUT2D eigenvalue weighted by molar-refractivity contribution is 5.55. The van der Waals surface area contributed by atoms with Gasteiger partial charge in [-0.3, -0.25) is 0 Å². The first-order valence-corrected chi connectivity index (χ1v) is 6.15. The minimum absolute atomic E-state index is 0.873. The Morgan fingerprint density at radius 3 is 2.00 bits per heavy atom. The molecule has 0 radical (unpaired) electrons. The van der Waals surface area contributed by atoms with Crippen LogP contribution in [0.5, 0.6) is 5.75 Å². The summed E-state index contributed by atoms with van der Waals surface area (Å²) in [5.74, 6) is 0.873. The number of hydrogen-bond acceptors (Lipinski definition) is 1. The van der Waals surface area contributed by atoms with Crippen molar-refractivity contribution in [1.29, 1.82) is 0 Å². The van der Waals surface area contributed by atoms with E-state index >= 15 is 0 Å². The van der Waals surface area contributed by atoms with Crippen molar-refractivity contribution in [2.24, 2.45) is 0 Å². The average molecular weight is 252 g/mol. The zero-order chi connectivity index (χ0) is 14.1. The minimum atomic E-state index is 0.873. The van der Waals surface area contributed by atoms with Crippen LogP contribution in [0.1, 0.15) is 16.7 Å². The van der Waals surface area contributed by atoms with Gasteiger partial charge in [0.05, 0.1) is 7.11 Å². The van der Waals surface area contributed by atoms with Crippen molar-refractivity contribution < 1.29 is 4.74 Å². The van der Waals surface area contributed by atoms with Crippen molar-refractivity contribution in [2.75, 3.05) is 7.11 Å². The van der Waals surface area contributed by atoms with Gasteiger partial charge >= 0.3 is 0 Å². The summed E-state index contributed by atoms with van der Waals surface area (Å²) in [6.45, 7) is 9.40. The lowest BCUT2D eigenvalue weighted by atomic mass is 10.2. The second-order valence-electron chi connectivity index (χ2n) is 4.06. The molecule has 0 N–H and O–H groups in total. The molecule has 0 fully saturated rings. The monoisotopic (exact) mass is 252 g/mol. The molecule has 0 aliphatic heterocycles. The van der Waals surface area contributed by atoms with E-state index in [9.17, 15) is 0 Å². The van der Waals surface area contributed by atoms with Gasteiger partial charge in [-0.1, -0.05) is 73.3 Å². The summed E-state index contributed by atoms with van der Waals surface area (Å²) in [6.07, 6.45) is 3.62. The number of ether oxygens (including phenoxy) is 1. The van der Waals surface area contributed by atoms with E-state index in [0.717, 1.165) is 11.3 Å². The summed E-state index contributed by atoms with van der Waals surface area (Å²) >= 11 is 0. The Hall–Kier alpha value is -2.28. The summed E-state index contributed by atoms with van der Waals surface area (Å²) in [5, 5.41) is 0. The van der Waals surface area contributed by atoms with E-state index in [0.29, 0.717) is 0 Å². The molecule has 2 aromatic rings. The van der Waals surface area contributed by atoms with E-state index in [4.69, 9.17) is 4.74 Å². The van der Waals surface area contributed by atoms with Gasteiger partial charge in [0.25, 0.3) is 0 Å². The van der Waals surface area contributed by atoms with Crippen molar-refractivity contribution in [3.8, 4) is 5.75 Å². The topological polar surface area (TPSA) is 9.23 Å². The Labute approximate surface area is 115 Å². The molecule has 2 rings (SSSR count). The van der Waals surface area contributed by atoms with Crippen LogP contribution in [-0.4, -0.2) is 7.11 Å². The van der Waals surface area contributed by atoms with Gasteiger partial charge in [0, 0.05) is 5.56 Å². The maximum Gasteiger partial charge on any atom is 0.126 e. The number of methoxy groups -OCH3 is 1. The van der Waals surface area contributed by atoms with Crippen molar-refractivity contribution in [2.45, 2.75) is 6.92 Å². The summed E-state index contributed by atoms with van der Waals surface area (Å²) in [5.41, 5.74) is 3.51. The van der Waals surface area contributed by atoms with E-state index in [1.54, 1.807) is 13.2 Å². The van der Waals surface area contributed by atoms with Gasteiger partial charge in [-0.25, -0.2) is 0 Å². The molecule has 0 unspecified atom stereocenters. The van der Waals surface area contributed by atoms with Crippen molar-refractivity contribution >= 4 is 12.2 Å². The average Bonchev–Trinajstić information content (AvgIpc) is 2.48. The Bertz CT molecular complexity index is 524. The highest BCUT2D eigenvalue weighted by Gasteiger charge is 1.93. The Balaban J connectivity index is 0.000000191. The van der Waals surface area contributed by atoms with Crippen molar-refractivity contribution in [1.82, 2.24) is 0 Å². The van der Waals surface area contributed by atoms with Gasteiger partial charge < -0.3 is 4.74 Å². The summed E-state index contributed by atoms with van der Waals surface area (Å²) in [4.78, 5) is 0. The Kier molecular flexibility index (Phi) is 6.17. The lowest BCUT2D eigenvalue weighted by Crippen LogP contribution is -1.84. The second-order valence-corrected chi connectivity index (χ2v) is 4.06. The van der Waals surface area contributed by atoms with Crippen molar-refractivity contribution in [3.63, 3.8) is 0 Å². The first-order chi connectivity index (χ1) is 9.21. The number of para-hydroxylation sites is 1. The van der Waals surface area contributed by atoms with Crippen LogP contribution in [0.4, 0.5) is 0 Å². The molecule has 19 heavy (non-hydrogen) atoms. The van der Waals surface area contributed by atoms with E-state index in [2.05, 4.69) is 44.3 Å². The second kappa shape index (κ2) is 7.93. The molecule has 2 aromatic carbocycles. The molecule has 0 aromatic heterocycles. The standard InChI is InChI=1S/C9H10O.C9H10/c1-3-8-6-4-5-7-9(8)10-2;1-3-9-6-4-8(2)5-7-9/h3-7H,1H2,2H3;3-7H,1H2,2H3. The Morgan fingerprint density at radius 1 is 0.895 bits per heavy atom. The largest absolute Gasteiger partial charge is 0.496 e. The molecule has 0 atom stereocenters. The third-order valence-corrected chi connectivity index (χ3v) is 2.67. The van der Waals surface area contributed by atoms with Gasteiger partial charge in [0.15, 0.2) is 0 Å². The lowest BCUT2D eigenvalue weighted by molar-refractivity contribution is 0.414. The maximum absolute atomic E-state index is 5.06. The summed E-state index contributed by atoms with van der Waals surface area (Å²) in [7, 11) is 1.66. The number of benzene rings is 2. The zero-order valence-electron chi connectivity index (χ0n) is 11.6. The third kappa shape index (κ3) is 4.84. The minimum Gasteiger partial charge on any atom is -0.496 e. The predicted molar refractivity (Wildman–Crippen MR) is 84.4 cm³/mol. The van der Waals surface area contributed by atoms with Gasteiger partial charge in [-0.05, 0) is 18.6 Å². The molecule has 0 aliphatic carbocycles. The Morgan fingerprint density at radius 2 is 1.53 bits per heavy atom. The van der Waals surface area contributed by atoms with E-state index in [1.165, 1.54) is 11.1 Å². The molecular formula is C18H20O. The molecule has 98 valence electrons. The molecule has 0 amide bonds. The van der Waals surface area contributed by atoms with Crippen LogP contribution in [0.15, 0.2) is 61.7 Å². The fourth-order valence-corrected chi connectivity index (χ4v) is 1.54. The van der Waals surface area contributed by atoms with Crippen LogP contribution >= 0.6 is 0 Å². The molecule has 0 heterocycles. The molecule has 1 heteroatoms. The first-order valence-electron chi connectivity index (χ1n) is 6.15. The molecule has 1 nitrogen and oxygen atoms in total. The fraction of sp³-hybridized carbons (Fsp3) is 0.111. The van der Waals surface area contributed by atoms with Crippen LogP contribution in [-0.2, 0) is 0 Å². The highest BCUT2D eigenvalue weighted by atomic mass is 16.5. The van der Waals surface area contributed by atoms with E-state index < -0.39 is 0 Å². The van der Waals surface area contributed by atoms with Gasteiger partial charge in [-0.15, -0.1) is 0 Å². The van der Waals surface area contributed by atoms with Gasteiger partial charge in [0.1, 0.15) is 5.75 Å². The number of rotatable bonds is 3. The molecule has 0 saturated heterocycles. The van der Waals surface area contributed by atoms with E-state index in [-0.39, 0.29) is 0 Å². The molecule has 0 saturated carbocycles. The third-order valence-electron chi connectivity index (χ3n) is 2.67. The summed E-state index contributed by atoms with van der Waals surface area (Å²) in [6, 6.07) is 16.0. The molecule has 0 bridgehead atoms. The van der Waals surface area contributed by atoms with Crippen LogP contribution < -0.4 is 4.74 Å². The fourth-order valence-electron chi connectivity index (χ4n) is 1.54. The number of hydrogen-bond donors (Lipinski definition) is 0.